The van der Waals surface area contributed by atoms with Crippen LogP contribution in [0.15, 0.2) is 39.9 Å². The van der Waals surface area contributed by atoms with Crippen LogP contribution in [0.2, 0.25) is 0 Å². The highest BCUT2D eigenvalue weighted by molar-refractivity contribution is 14.0. The van der Waals surface area contributed by atoms with E-state index < -0.39 is 0 Å². The summed E-state index contributed by atoms with van der Waals surface area (Å²) in [6.07, 6.45) is 3.15. The maximum Gasteiger partial charge on any atom is 0.224 e. The Morgan fingerprint density at radius 3 is 2.40 bits per heavy atom. The summed E-state index contributed by atoms with van der Waals surface area (Å²) in [5.74, 6) is 2.23. The number of carbonyl (C=O) groups is 1. The quantitative estimate of drug-likeness (QED) is 0.266. The largest absolute Gasteiger partial charge is 0.443 e. The first-order valence-corrected chi connectivity index (χ1v) is 10.2. The zero-order chi connectivity index (χ0) is 21.3. The van der Waals surface area contributed by atoms with Gasteiger partial charge in [-0.05, 0) is 31.0 Å². The lowest BCUT2D eigenvalue weighted by molar-refractivity contribution is -0.116. The van der Waals surface area contributed by atoms with E-state index in [1.165, 1.54) is 0 Å². The van der Waals surface area contributed by atoms with Gasteiger partial charge in [0, 0.05) is 24.1 Å². The Balaban J connectivity index is 0.00000450. The third kappa shape index (κ3) is 8.73. The van der Waals surface area contributed by atoms with Gasteiger partial charge in [-0.2, -0.15) is 0 Å². The molecule has 0 fully saturated rings. The van der Waals surface area contributed by atoms with Crippen LogP contribution in [0, 0.1) is 0 Å². The summed E-state index contributed by atoms with van der Waals surface area (Å²) in [5.41, 5.74) is 1.80. The number of benzene rings is 1. The van der Waals surface area contributed by atoms with Crippen LogP contribution in [0.3, 0.4) is 0 Å². The van der Waals surface area contributed by atoms with Crippen LogP contribution < -0.4 is 16.0 Å². The summed E-state index contributed by atoms with van der Waals surface area (Å²) < 4.78 is 5.81. The predicted octanol–water partition coefficient (Wildman–Crippen LogP) is 4.58. The number of guanidine groups is 1. The number of hydrogen-bond donors (Lipinski definition) is 3. The van der Waals surface area contributed by atoms with Crippen LogP contribution in [0.25, 0.3) is 0 Å². The van der Waals surface area contributed by atoms with Gasteiger partial charge in [-0.15, -0.1) is 24.0 Å². The molecular formula is C22H34IN5O2. The highest BCUT2D eigenvalue weighted by Gasteiger charge is 2.19. The van der Waals surface area contributed by atoms with E-state index in [1.807, 2.05) is 38.1 Å². The van der Waals surface area contributed by atoms with Crippen molar-refractivity contribution < 1.29 is 9.21 Å². The minimum atomic E-state index is -0.0635. The van der Waals surface area contributed by atoms with Crippen molar-refractivity contribution in [1.29, 1.82) is 0 Å². The number of nitrogens with one attached hydrogen (secondary N) is 3. The SMILES string of the molecule is CCCC(=O)Nc1ccc(CN=C(NCC)NCc2ncc(C(C)(C)C)o2)cc1.I. The van der Waals surface area contributed by atoms with E-state index in [-0.39, 0.29) is 35.3 Å². The van der Waals surface area contributed by atoms with Crippen LogP contribution >= 0.6 is 24.0 Å². The zero-order valence-corrected chi connectivity index (χ0v) is 20.9. The molecule has 166 valence electrons. The molecule has 0 saturated carbocycles. The standard InChI is InChI=1S/C22H33N5O2.HI/c1-6-8-19(28)27-17-11-9-16(10-12-17)13-25-21(23-7-2)26-15-20-24-14-18(29-20)22(3,4)5;/h9-12,14H,6-8,13,15H2,1-5H3,(H,27,28)(H2,23,25,26);1H. The van der Waals surface area contributed by atoms with Crippen LogP contribution in [0.5, 0.6) is 0 Å². The maximum absolute atomic E-state index is 11.7. The Morgan fingerprint density at radius 2 is 1.83 bits per heavy atom. The van der Waals surface area contributed by atoms with Gasteiger partial charge in [0.2, 0.25) is 11.8 Å². The Morgan fingerprint density at radius 1 is 1.13 bits per heavy atom. The van der Waals surface area contributed by atoms with E-state index in [0.29, 0.717) is 31.4 Å². The molecule has 1 aromatic heterocycles. The topological polar surface area (TPSA) is 91.5 Å². The molecule has 0 saturated heterocycles. The van der Waals surface area contributed by atoms with E-state index in [0.717, 1.165) is 30.0 Å². The molecular weight excluding hydrogens is 493 g/mol. The minimum absolute atomic E-state index is 0. The van der Waals surface area contributed by atoms with E-state index in [4.69, 9.17) is 4.42 Å². The van der Waals surface area contributed by atoms with Crippen molar-refractivity contribution in [2.75, 3.05) is 11.9 Å². The number of oxazole rings is 1. The number of rotatable bonds is 8. The molecule has 0 spiro atoms. The molecule has 2 aromatic rings. The van der Waals surface area contributed by atoms with Gasteiger partial charge >= 0.3 is 0 Å². The minimum Gasteiger partial charge on any atom is -0.443 e. The molecule has 7 nitrogen and oxygen atoms in total. The molecule has 0 aliphatic rings. The average Bonchev–Trinajstić information content (AvgIpc) is 3.15. The second kappa shape index (κ2) is 12.6. The van der Waals surface area contributed by atoms with Crippen molar-refractivity contribution in [2.45, 2.75) is 66.0 Å². The first kappa shape index (κ1) is 25.9. The maximum atomic E-state index is 11.7. The fourth-order valence-electron chi connectivity index (χ4n) is 2.55. The van der Waals surface area contributed by atoms with Gasteiger partial charge in [-0.25, -0.2) is 9.98 Å². The first-order chi connectivity index (χ1) is 13.8. The Hall–Kier alpha value is -2.10. The highest BCUT2D eigenvalue weighted by atomic mass is 127. The molecule has 2 rings (SSSR count). The molecule has 0 aliphatic heterocycles. The van der Waals surface area contributed by atoms with Gasteiger partial charge < -0.3 is 20.4 Å². The van der Waals surface area contributed by atoms with Crippen molar-refractivity contribution in [3.05, 3.63) is 47.7 Å². The number of carbonyl (C=O) groups excluding carboxylic acids is 1. The van der Waals surface area contributed by atoms with Crippen molar-refractivity contribution in [3.8, 4) is 0 Å². The second-order valence-corrected chi connectivity index (χ2v) is 7.91. The Kier molecular flexibility index (Phi) is 10.9. The summed E-state index contributed by atoms with van der Waals surface area (Å²) in [6, 6.07) is 7.75. The number of anilines is 1. The van der Waals surface area contributed by atoms with Crippen LogP contribution in [-0.2, 0) is 23.3 Å². The molecule has 0 bridgehead atoms. The van der Waals surface area contributed by atoms with Gasteiger partial charge in [0.1, 0.15) is 5.76 Å². The van der Waals surface area contributed by atoms with E-state index in [9.17, 15) is 4.79 Å². The molecule has 1 heterocycles. The normalized spacial score (nSPS) is 11.6. The van der Waals surface area contributed by atoms with Crippen molar-refractivity contribution in [1.82, 2.24) is 15.6 Å². The van der Waals surface area contributed by atoms with Crippen molar-refractivity contribution in [3.63, 3.8) is 0 Å². The lowest BCUT2D eigenvalue weighted by Gasteiger charge is -2.13. The number of aromatic nitrogens is 1. The predicted molar refractivity (Wildman–Crippen MR) is 132 cm³/mol. The molecule has 1 amide bonds. The lowest BCUT2D eigenvalue weighted by Crippen LogP contribution is -2.36. The van der Waals surface area contributed by atoms with Crippen LogP contribution in [-0.4, -0.2) is 23.4 Å². The molecule has 0 aliphatic carbocycles. The molecule has 1 aromatic carbocycles. The van der Waals surface area contributed by atoms with E-state index in [1.54, 1.807) is 6.20 Å². The summed E-state index contributed by atoms with van der Waals surface area (Å²) in [4.78, 5) is 20.6. The number of amides is 1. The van der Waals surface area contributed by atoms with Crippen LogP contribution in [0.4, 0.5) is 5.69 Å². The summed E-state index contributed by atoms with van der Waals surface area (Å²) in [5, 5.41) is 9.36. The van der Waals surface area contributed by atoms with Gasteiger partial charge in [0.05, 0.1) is 19.3 Å². The second-order valence-electron chi connectivity index (χ2n) is 7.91. The smallest absolute Gasteiger partial charge is 0.224 e. The third-order valence-electron chi connectivity index (χ3n) is 4.18. The number of aliphatic imine (C=N–C) groups is 1. The highest BCUT2D eigenvalue weighted by Crippen LogP contribution is 2.22. The Labute approximate surface area is 196 Å². The number of nitrogens with zero attached hydrogens (tertiary/aromatic N) is 2. The van der Waals surface area contributed by atoms with Crippen molar-refractivity contribution in [2.24, 2.45) is 4.99 Å². The summed E-state index contributed by atoms with van der Waals surface area (Å²) in [7, 11) is 0. The monoisotopic (exact) mass is 527 g/mol. The zero-order valence-electron chi connectivity index (χ0n) is 18.5. The number of halogens is 1. The molecule has 3 N–H and O–H groups in total. The van der Waals surface area contributed by atoms with Gasteiger partial charge in [0.15, 0.2) is 5.96 Å². The average molecular weight is 527 g/mol. The first-order valence-electron chi connectivity index (χ1n) is 10.2. The Bertz CT molecular complexity index is 810. The van der Waals surface area contributed by atoms with Gasteiger partial charge in [-0.3, -0.25) is 4.79 Å². The fraction of sp³-hybridized carbons (Fsp3) is 0.500. The molecule has 8 heteroatoms. The van der Waals surface area contributed by atoms with Crippen LogP contribution in [0.1, 0.15) is 64.7 Å². The van der Waals surface area contributed by atoms with E-state index >= 15 is 0 Å². The van der Waals surface area contributed by atoms with Crippen molar-refractivity contribution >= 4 is 41.5 Å². The molecule has 0 radical (unpaired) electrons. The number of hydrogen-bond acceptors (Lipinski definition) is 4. The summed E-state index contributed by atoms with van der Waals surface area (Å²) in [6.45, 7) is 12.0. The van der Waals surface area contributed by atoms with E-state index in [2.05, 4.69) is 46.7 Å². The molecule has 30 heavy (non-hydrogen) atoms. The third-order valence-corrected chi connectivity index (χ3v) is 4.18. The molecule has 0 atom stereocenters. The molecule has 0 unspecified atom stereocenters. The van der Waals surface area contributed by atoms with Gasteiger partial charge in [-0.1, -0.05) is 39.8 Å². The fourth-order valence-corrected chi connectivity index (χ4v) is 2.55. The van der Waals surface area contributed by atoms with Gasteiger partial charge in [0.25, 0.3) is 0 Å². The summed E-state index contributed by atoms with van der Waals surface area (Å²) >= 11 is 0. The lowest BCUT2D eigenvalue weighted by atomic mass is 9.94.